The Balaban J connectivity index is 1.30. The second kappa shape index (κ2) is 9.97. The molecule has 5 heteroatoms. The molecule has 0 aromatic heterocycles. The first-order valence-corrected chi connectivity index (χ1v) is 9.87. The van der Waals surface area contributed by atoms with Crippen molar-refractivity contribution in [3.05, 3.63) is 60.2 Å². The van der Waals surface area contributed by atoms with Crippen LogP contribution in [-0.4, -0.2) is 50.1 Å². The van der Waals surface area contributed by atoms with Crippen molar-refractivity contribution < 1.29 is 0 Å². The average molecular weight is 366 g/mol. The summed E-state index contributed by atoms with van der Waals surface area (Å²) in [6, 6.07) is 18.9. The van der Waals surface area contributed by atoms with Crippen molar-refractivity contribution in [1.29, 1.82) is 0 Å². The van der Waals surface area contributed by atoms with Gasteiger partial charge in [0.2, 0.25) is 0 Å². The highest BCUT2D eigenvalue weighted by Crippen LogP contribution is 2.15. The van der Waals surface area contributed by atoms with Crippen LogP contribution in [0.5, 0.6) is 0 Å². The summed E-state index contributed by atoms with van der Waals surface area (Å²) in [5, 5.41) is 3.14. The molecule has 27 heavy (non-hydrogen) atoms. The molecular weight excluding hydrogens is 334 g/mol. The van der Waals surface area contributed by atoms with Gasteiger partial charge in [-0.05, 0) is 50.6 Å². The van der Waals surface area contributed by atoms with Crippen LogP contribution in [0.2, 0.25) is 0 Å². The molecule has 0 aliphatic carbocycles. The lowest BCUT2D eigenvalue weighted by Gasteiger charge is -2.36. The summed E-state index contributed by atoms with van der Waals surface area (Å²) in [4.78, 5) is 9.46. The van der Waals surface area contributed by atoms with Crippen LogP contribution >= 0.6 is 0 Å². The van der Waals surface area contributed by atoms with Gasteiger partial charge in [0.1, 0.15) is 0 Å². The molecule has 1 fully saturated rings. The standard InChI is InChI=1S/C22H31N5/c1-19-9-11-20(12-10-19)25-22(23)24-13-5-6-14-26-15-17-27(18-16-26)21-7-3-2-4-8-21/h2-4,7-12H,5-6,13-18H2,1H3,(H3,23,24,25). The normalized spacial score (nSPS) is 15.7. The Morgan fingerprint density at radius 3 is 2.37 bits per heavy atom. The highest BCUT2D eigenvalue weighted by molar-refractivity contribution is 5.92. The number of nitrogens with zero attached hydrogens (tertiary/aromatic N) is 3. The molecule has 0 spiro atoms. The number of hydrogen-bond acceptors (Lipinski definition) is 3. The van der Waals surface area contributed by atoms with Gasteiger partial charge in [-0.25, -0.2) is 0 Å². The molecule has 0 bridgehead atoms. The van der Waals surface area contributed by atoms with Gasteiger partial charge in [0.25, 0.3) is 0 Å². The van der Waals surface area contributed by atoms with Crippen molar-refractivity contribution in [1.82, 2.24) is 4.90 Å². The van der Waals surface area contributed by atoms with Crippen LogP contribution in [0.4, 0.5) is 11.4 Å². The van der Waals surface area contributed by atoms with Crippen molar-refractivity contribution >= 4 is 17.3 Å². The number of piperazine rings is 1. The molecule has 1 heterocycles. The summed E-state index contributed by atoms with van der Waals surface area (Å²) in [6.45, 7) is 8.47. The van der Waals surface area contributed by atoms with Crippen LogP contribution in [0.1, 0.15) is 18.4 Å². The van der Waals surface area contributed by atoms with E-state index in [-0.39, 0.29) is 0 Å². The van der Waals surface area contributed by atoms with Gasteiger partial charge in [0.15, 0.2) is 5.96 Å². The fourth-order valence-electron chi connectivity index (χ4n) is 3.34. The molecule has 2 aromatic rings. The molecule has 0 atom stereocenters. The minimum absolute atomic E-state index is 0.496. The second-order valence-corrected chi connectivity index (χ2v) is 7.13. The van der Waals surface area contributed by atoms with Gasteiger partial charge in [-0.2, -0.15) is 0 Å². The molecule has 0 amide bonds. The fraction of sp³-hybridized carbons (Fsp3) is 0.409. The topological polar surface area (TPSA) is 56.9 Å². The molecule has 1 saturated heterocycles. The summed E-state index contributed by atoms with van der Waals surface area (Å²) in [5.74, 6) is 0.496. The van der Waals surface area contributed by atoms with E-state index < -0.39 is 0 Å². The summed E-state index contributed by atoms with van der Waals surface area (Å²) in [6.07, 6.45) is 2.22. The van der Waals surface area contributed by atoms with Gasteiger partial charge in [0.05, 0.1) is 0 Å². The lowest BCUT2D eigenvalue weighted by molar-refractivity contribution is 0.253. The molecule has 0 radical (unpaired) electrons. The Morgan fingerprint density at radius 1 is 0.963 bits per heavy atom. The van der Waals surface area contributed by atoms with Crippen LogP contribution in [0.25, 0.3) is 0 Å². The Morgan fingerprint density at radius 2 is 1.67 bits per heavy atom. The third kappa shape index (κ3) is 6.29. The van der Waals surface area contributed by atoms with E-state index >= 15 is 0 Å². The van der Waals surface area contributed by atoms with E-state index in [4.69, 9.17) is 5.73 Å². The minimum atomic E-state index is 0.496. The Kier molecular flexibility index (Phi) is 7.11. The molecule has 2 aromatic carbocycles. The monoisotopic (exact) mass is 365 g/mol. The molecule has 5 nitrogen and oxygen atoms in total. The molecule has 1 aliphatic rings. The van der Waals surface area contributed by atoms with E-state index in [0.29, 0.717) is 5.96 Å². The Bertz CT molecular complexity index is 703. The zero-order valence-corrected chi connectivity index (χ0v) is 16.3. The zero-order valence-electron chi connectivity index (χ0n) is 16.3. The lowest BCUT2D eigenvalue weighted by Crippen LogP contribution is -2.46. The smallest absolute Gasteiger partial charge is 0.193 e. The number of anilines is 2. The Labute approximate surface area is 162 Å². The van der Waals surface area contributed by atoms with Gasteiger partial charge in [-0.1, -0.05) is 35.9 Å². The fourth-order valence-corrected chi connectivity index (χ4v) is 3.34. The second-order valence-electron chi connectivity index (χ2n) is 7.13. The van der Waals surface area contributed by atoms with Crippen LogP contribution in [0.3, 0.4) is 0 Å². The van der Waals surface area contributed by atoms with E-state index in [1.807, 2.05) is 12.1 Å². The summed E-state index contributed by atoms with van der Waals surface area (Å²) in [7, 11) is 0. The van der Waals surface area contributed by atoms with E-state index in [1.165, 1.54) is 11.3 Å². The maximum Gasteiger partial charge on any atom is 0.193 e. The van der Waals surface area contributed by atoms with Crippen molar-refractivity contribution in [2.45, 2.75) is 19.8 Å². The number of aliphatic imine (C=N–C) groups is 1. The average Bonchev–Trinajstić information content (AvgIpc) is 2.71. The van der Waals surface area contributed by atoms with E-state index in [0.717, 1.165) is 57.8 Å². The highest BCUT2D eigenvalue weighted by Gasteiger charge is 2.16. The van der Waals surface area contributed by atoms with E-state index in [9.17, 15) is 0 Å². The Hall–Kier alpha value is -2.53. The van der Waals surface area contributed by atoms with Crippen LogP contribution in [-0.2, 0) is 0 Å². The summed E-state index contributed by atoms with van der Waals surface area (Å²) >= 11 is 0. The maximum absolute atomic E-state index is 5.96. The molecule has 144 valence electrons. The van der Waals surface area contributed by atoms with Crippen LogP contribution < -0.4 is 16.0 Å². The quantitative estimate of drug-likeness (QED) is 0.449. The minimum Gasteiger partial charge on any atom is -0.370 e. The number of rotatable bonds is 7. The van der Waals surface area contributed by atoms with Crippen molar-refractivity contribution in [3.63, 3.8) is 0 Å². The zero-order chi connectivity index (χ0) is 18.9. The third-order valence-corrected chi connectivity index (χ3v) is 4.98. The first kappa shape index (κ1) is 19.2. The van der Waals surface area contributed by atoms with Gasteiger partial charge < -0.3 is 16.0 Å². The summed E-state index contributed by atoms with van der Waals surface area (Å²) in [5.41, 5.74) is 9.52. The number of benzene rings is 2. The van der Waals surface area contributed by atoms with Crippen molar-refractivity contribution in [2.24, 2.45) is 10.7 Å². The molecule has 3 rings (SSSR count). The highest BCUT2D eigenvalue weighted by atomic mass is 15.3. The molecule has 0 saturated carbocycles. The number of unbranched alkanes of at least 4 members (excludes halogenated alkanes) is 1. The number of guanidine groups is 1. The predicted molar refractivity (Wildman–Crippen MR) is 116 cm³/mol. The first-order chi connectivity index (χ1) is 13.2. The van der Waals surface area contributed by atoms with Crippen LogP contribution in [0.15, 0.2) is 59.6 Å². The molecular formula is C22H31N5. The number of nitrogens with one attached hydrogen (secondary N) is 1. The van der Waals surface area contributed by atoms with Crippen LogP contribution in [0, 0.1) is 6.92 Å². The largest absolute Gasteiger partial charge is 0.370 e. The van der Waals surface area contributed by atoms with Gasteiger partial charge in [-0.15, -0.1) is 0 Å². The molecule has 0 unspecified atom stereocenters. The SMILES string of the molecule is Cc1ccc(NC(N)=NCCCCN2CCN(c3ccccc3)CC2)cc1. The number of hydrogen-bond donors (Lipinski definition) is 2. The van der Waals surface area contributed by atoms with Gasteiger partial charge in [-0.3, -0.25) is 9.89 Å². The third-order valence-electron chi connectivity index (χ3n) is 4.98. The lowest BCUT2D eigenvalue weighted by atomic mass is 10.2. The van der Waals surface area contributed by atoms with Gasteiger partial charge >= 0.3 is 0 Å². The molecule has 1 aliphatic heterocycles. The van der Waals surface area contributed by atoms with Crippen molar-refractivity contribution in [3.8, 4) is 0 Å². The number of nitrogens with two attached hydrogens (primary N) is 1. The maximum atomic E-state index is 5.96. The number of para-hydroxylation sites is 1. The predicted octanol–water partition coefficient (Wildman–Crippen LogP) is 3.32. The van der Waals surface area contributed by atoms with E-state index in [1.54, 1.807) is 0 Å². The van der Waals surface area contributed by atoms with Gasteiger partial charge in [0, 0.05) is 44.1 Å². The summed E-state index contributed by atoms with van der Waals surface area (Å²) < 4.78 is 0. The number of aryl methyl sites for hydroxylation is 1. The van der Waals surface area contributed by atoms with E-state index in [2.05, 4.69) is 69.5 Å². The first-order valence-electron chi connectivity index (χ1n) is 9.87. The van der Waals surface area contributed by atoms with Crippen molar-refractivity contribution in [2.75, 3.05) is 49.5 Å². The molecule has 3 N–H and O–H groups in total.